The van der Waals surface area contributed by atoms with Crippen LogP contribution in [0.2, 0.25) is 0 Å². The topological polar surface area (TPSA) is 46.3 Å². The van der Waals surface area contributed by atoms with Gasteiger partial charge in [0.25, 0.3) is 0 Å². The average molecular weight is 272 g/mol. The van der Waals surface area contributed by atoms with Gasteiger partial charge in [0.05, 0.1) is 0 Å². The van der Waals surface area contributed by atoms with Crippen molar-refractivity contribution in [2.75, 3.05) is 6.54 Å². The van der Waals surface area contributed by atoms with E-state index in [2.05, 4.69) is 43.0 Å². The number of benzene rings is 1. The molecule has 0 radical (unpaired) electrons. The second-order valence-electron chi connectivity index (χ2n) is 6.47. The Morgan fingerprint density at radius 3 is 2.75 bits per heavy atom. The van der Waals surface area contributed by atoms with Gasteiger partial charge in [0.1, 0.15) is 0 Å². The Balaban J connectivity index is 1.67. The maximum absolute atomic E-state index is 12.7. The molecular formula is C17H24N2O. The van der Waals surface area contributed by atoms with Crippen molar-refractivity contribution in [2.45, 2.75) is 51.1 Å². The zero-order valence-corrected chi connectivity index (χ0v) is 12.4. The Hall–Kier alpha value is -1.35. The smallest absolute Gasteiger partial charge is 0.226 e. The Labute approximate surface area is 121 Å². The third kappa shape index (κ3) is 2.47. The minimum Gasteiger partial charge on any atom is -0.340 e. The van der Waals surface area contributed by atoms with Crippen molar-refractivity contribution >= 4 is 5.91 Å². The standard InChI is InChI=1S/C17H24N2O/c1-11-5-3-4-6-14(11)15-10-16(15)17(20)19-8-7-13(18)9-12(19)2/h3-6,12-13,15-16H,7-10,18H2,1-2H3/t12-,13-,15+,16+/m1/s1. The molecule has 2 aliphatic rings. The van der Waals surface area contributed by atoms with Crippen molar-refractivity contribution in [3.05, 3.63) is 35.4 Å². The van der Waals surface area contributed by atoms with Crippen LogP contribution in [0.3, 0.4) is 0 Å². The maximum atomic E-state index is 12.7. The summed E-state index contributed by atoms with van der Waals surface area (Å²) in [6.07, 6.45) is 2.89. The van der Waals surface area contributed by atoms with E-state index in [1.807, 2.05) is 0 Å². The third-order valence-corrected chi connectivity index (χ3v) is 4.90. The number of hydrogen-bond acceptors (Lipinski definition) is 2. The van der Waals surface area contributed by atoms with Crippen LogP contribution in [0.15, 0.2) is 24.3 Å². The molecule has 3 heteroatoms. The maximum Gasteiger partial charge on any atom is 0.226 e. The lowest BCUT2D eigenvalue weighted by Gasteiger charge is -2.36. The van der Waals surface area contributed by atoms with E-state index in [4.69, 9.17) is 5.73 Å². The van der Waals surface area contributed by atoms with E-state index in [0.717, 1.165) is 25.8 Å². The van der Waals surface area contributed by atoms with Gasteiger partial charge in [-0.25, -0.2) is 0 Å². The molecule has 2 N–H and O–H groups in total. The molecule has 1 aliphatic heterocycles. The minimum absolute atomic E-state index is 0.202. The molecule has 0 spiro atoms. The highest BCUT2D eigenvalue weighted by Gasteiger charge is 2.47. The van der Waals surface area contributed by atoms with Gasteiger partial charge in [-0.1, -0.05) is 24.3 Å². The molecule has 1 aliphatic carbocycles. The van der Waals surface area contributed by atoms with Gasteiger partial charge in [-0.2, -0.15) is 0 Å². The van der Waals surface area contributed by atoms with Crippen LogP contribution in [-0.2, 0) is 4.79 Å². The molecule has 1 saturated carbocycles. The zero-order chi connectivity index (χ0) is 14.3. The second kappa shape index (κ2) is 5.21. The Kier molecular flexibility index (Phi) is 3.55. The molecule has 108 valence electrons. The molecular weight excluding hydrogens is 248 g/mol. The van der Waals surface area contributed by atoms with Crippen LogP contribution < -0.4 is 5.73 Å². The molecule has 0 aromatic heterocycles. The Morgan fingerprint density at radius 2 is 2.05 bits per heavy atom. The van der Waals surface area contributed by atoms with Crippen LogP contribution in [0, 0.1) is 12.8 Å². The van der Waals surface area contributed by atoms with Crippen molar-refractivity contribution in [1.29, 1.82) is 0 Å². The number of carbonyl (C=O) groups is 1. The van der Waals surface area contributed by atoms with Crippen molar-refractivity contribution in [2.24, 2.45) is 11.7 Å². The Bertz CT molecular complexity index is 513. The highest BCUT2D eigenvalue weighted by Crippen LogP contribution is 2.49. The number of hydrogen-bond donors (Lipinski definition) is 1. The van der Waals surface area contributed by atoms with E-state index in [0.29, 0.717) is 17.9 Å². The van der Waals surface area contributed by atoms with Crippen LogP contribution in [-0.4, -0.2) is 29.4 Å². The molecule has 1 heterocycles. The van der Waals surface area contributed by atoms with Gasteiger partial charge in [0, 0.05) is 24.5 Å². The predicted molar refractivity (Wildman–Crippen MR) is 80.4 cm³/mol. The van der Waals surface area contributed by atoms with Gasteiger partial charge in [0.2, 0.25) is 5.91 Å². The summed E-state index contributed by atoms with van der Waals surface area (Å²) in [5, 5.41) is 0. The summed E-state index contributed by atoms with van der Waals surface area (Å²) in [6, 6.07) is 9.00. The summed E-state index contributed by atoms with van der Waals surface area (Å²) in [6.45, 7) is 5.10. The first-order valence-corrected chi connectivity index (χ1v) is 7.69. The number of piperidine rings is 1. The van der Waals surface area contributed by atoms with Crippen molar-refractivity contribution in [3.63, 3.8) is 0 Å². The normalized spacial score (nSPS) is 33.0. The van der Waals surface area contributed by atoms with E-state index in [-0.39, 0.29) is 12.0 Å². The highest BCUT2D eigenvalue weighted by atomic mass is 16.2. The SMILES string of the molecule is Cc1ccccc1[C@@H]1C[C@@H]1C(=O)N1CC[C@@H](N)C[C@H]1C. The molecule has 20 heavy (non-hydrogen) atoms. The largest absolute Gasteiger partial charge is 0.340 e. The fourth-order valence-corrected chi connectivity index (χ4v) is 3.56. The van der Waals surface area contributed by atoms with Gasteiger partial charge in [-0.15, -0.1) is 0 Å². The zero-order valence-electron chi connectivity index (χ0n) is 12.4. The van der Waals surface area contributed by atoms with Gasteiger partial charge < -0.3 is 10.6 Å². The molecule has 0 bridgehead atoms. The lowest BCUT2D eigenvalue weighted by atomic mass is 9.98. The fourth-order valence-electron chi connectivity index (χ4n) is 3.56. The molecule has 1 saturated heterocycles. The van der Waals surface area contributed by atoms with Crippen LogP contribution in [0.5, 0.6) is 0 Å². The number of likely N-dealkylation sites (tertiary alicyclic amines) is 1. The predicted octanol–water partition coefficient (Wildman–Crippen LogP) is 2.44. The summed E-state index contributed by atoms with van der Waals surface area (Å²) >= 11 is 0. The fraction of sp³-hybridized carbons (Fsp3) is 0.588. The first-order chi connectivity index (χ1) is 9.58. The number of nitrogens with zero attached hydrogens (tertiary/aromatic N) is 1. The van der Waals surface area contributed by atoms with Crippen LogP contribution in [0.4, 0.5) is 0 Å². The van der Waals surface area contributed by atoms with Gasteiger partial charge in [0.15, 0.2) is 0 Å². The molecule has 3 nitrogen and oxygen atoms in total. The van der Waals surface area contributed by atoms with Crippen molar-refractivity contribution < 1.29 is 4.79 Å². The van der Waals surface area contributed by atoms with Gasteiger partial charge in [-0.3, -0.25) is 4.79 Å². The van der Waals surface area contributed by atoms with E-state index >= 15 is 0 Å². The van der Waals surface area contributed by atoms with Crippen LogP contribution in [0.1, 0.15) is 43.2 Å². The second-order valence-corrected chi connectivity index (χ2v) is 6.47. The molecule has 3 rings (SSSR count). The van der Waals surface area contributed by atoms with E-state index in [1.165, 1.54) is 11.1 Å². The number of aryl methyl sites for hydroxylation is 1. The van der Waals surface area contributed by atoms with Crippen LogP contribution in [0.25, 0.3) is 0 Å². The molecule has 1 aromatic rings. The summed E-state index contributed by atoms with van der Waals surface area (Å²) in [5.41, 5.74) is 8.64. The molecule has 0 unspecified atom stereocenters. The first kappa shape index (κ1) is 13.6. The van der Waals surface area contributed by atoms with E-state index in [9.17, 15) is 4.79 Å². The lowest BCUT2D eigenvalue weighted by Crippen LogP contribution is -2.49. The monoisotopic (exact) mass is 272 g/mol. The quantitative estimate of drug-likeness (QED) is 0.899. The minimum atomic E-state index is 0.202. The molecule has 2 fully saturated rings. The van der Waals surface area contributed by atoms with Crippen molar-refractivity contribution in [3.8, 4) is 0 Å². The first-order valence-electron chi connectivity index (χ1n) is 7.69. The lowest BCUT2D eigenvalue weighted by molar-refractivity contribution is -0.136. The number of nitrogens with two attached hydrogens (primary N) is 1. The number of amides is 1. The number of carbonyl (C=O) groups excluding carboxylic acids is 1. The molecule has 1 amide bonds. The van der Waals surface area contributed by atoms with Crippen LogP contribution >= 0.6 is 0 Å². The Morgan fingerprint density at radius 1 is 1.30 bits per heavy atom. The third-order valence-electron chi connectivity index (χ3n) is 4.90. The summed E-state index contributed by atoms with van der Waals surface area (Å²) in [7, 11) is 0. The summed E-state index contributed by atoms with van der Waals surface area (Å²) < 4.78 is 0. The van der Waals surface area contributed by atoms with Crippen molar-refractivity contribution in [1.82, 2.24) is 4.90 Å². The number of rotatable bonds is 2. The highest BCUT2D eigenvalue weighted by molar-refractivity contribution is 5.83. The van der Waals surface area contributed by atoms with E-state index in [1.54, 1.807) is 0 Å². The molecule has 1 aromatic carbocycles. The summed E-state index contributed by atoms with van der Waals surface area (Å²) in [5.74, 6) is 0.983. The van der Waals surface area contributed by atoms with E-state index < -0.39 is 0 Å². The van der Waals surface area contributed by atoms with Gasteiger partial charge in [-0.05, 0) is 50.2 Å². The molecule has 4 atom stereocenters. The average Bonchev–Trinajstić information content (AvgIpc) is 3.19. The summed E-state index contributed by atoms with van der Waals surface area (Å²) in [4.78, 5) is 14.7. The van der Waals surface area contributed by atoms with Gasteiger partial charge >= 0.3 is 0 Å².